The molecule has 1 aliphatic heterocycles. The molecule has 0 radical (unpaired) electrons. The molecule has 0 amide bonds. The summed E-state index contributed by atoms with van der Waals surface area (Å²) in [5, 5.41) is 13.9. The van der Waals surface area contributed by atoms with Crippen molar-refractivity contribution >= 4 is 11.1 Å². The number of allylic oxidation sites excluding steroid dienone is 1. The molecule has 42 heavy (non-hydrogen) atoms. The van der Waals surface area contributed by atoms with Crippen LogP contribution in [0.5, 0.6) is 23.0 Å². The van der Waals surface area contributed by atoms with Crippen LogP contribution in [-0.2, 0) is 4.74 Å². The van der Waals surface area contributed by atoms with Crippen LogP contribution in [-0.4, -0.2) is 51.6 Å². The van der Waals surface area contributed by atoms with Crippen LogP contribution in [0.1, 0.15) is 62.1 Å². The molecule has 0 bridgehead atoms. The van der Waals surface area contributed by atoms with Crippen LogP contribution in [0.4, 0.5) is 0 Å². The number of aliphatic hydroxyl groups is 1. The molecule has 1 aliphatic carbocycles. The minimum absolute atomic E-state index is 0.201. The number of aliphatic hydroxyl groups excluding tert-OH is 1. The summed E-state index contributed by atoms with van der Waals surface area (Å²) in [4.78, 5) is 0. The van der Waals surface area contributed by atoms with Crippen molar-refractivity contribution in [2.75, 3.05) is 40.4 Å². The van der Waals surface area contributed by atoms with Crippen molar-refractivity contribution in [3.8, 4) is 23.0 Å². The number of benzene rings is 3. The maximum absolute atomic E-state index is 10.5. The fourth-order valence-electron chi connectivity index (χ4n) is 5.78. The SMILES string of the molecule is CC/C(=C(\c1ccc(OCOC)cc1)c1ccc(OCC(O)CNCC2CCCCC2)cc1)c1ccc2c(c1)OCO2. The predicted octanol–water partition coefficient (Wildman–Crippen LogP) is 6.68. The van der Waals surface area contributed by atoms with Crippen LogP contribution < -0.4 is 24.3 Å². The molecule has 224 valence electrons. The Morgan fingerprint density at radius 1 is 0.857 bits per heavy atom. The Bertz CT molecular complexity index is 1300. The molecule has 5 rings (SSSR count). The highest BCUT2D eigenvalue weighted by molar-refractivity contribution is 5.99. The predicted molar refractivity (Wildman–Crippen MR) is 165 cm³/mol. The lowest BCUT2D eigenvalue weighted by atomic mass is 9.88. The molecule has 1 fully saturated rings. The standard InChI is InChI=1S/C35H43NO6/c1-3-32(28-13-18-33-34(19-28)42-24-41-33)35(27-11-16-31(17-12-27)40-23-38-2)26-9-14-30(15-10-26)39-22-29(37)21-36-20-25-7-5-4-6-8-25/h9-19,25,29,36-37H,3-8,20-24H2,1-2H3/b35-32+. The van der Waals surface area contributed by atoms with E-state index in [1.54, 1.807) is 7.11 Å². The zero-order chi connectivity index (χ0) is 29.1. The molecule has 0 aromatic heterocycles. The first-order chi connectivity index (χ1) is 20.6. The number of ether oxygens (including phenoxy) is 5. The average molecular weight is 574 g/mol. The maximum Gasteiger partial charge on any atom is 0.231 e. The van der Waals surface area contributed by atoms with E-state index in [0.717, 1.165) is 64.1 Å². The topological polar surface area (TPSA) is 78.4 Å². The highest BCUT2D eigenvalue weighted by Crippen LogP contribution is 2.40. The second-order valence-corrected chi connectivity index (χ2v) is 11.0. The third-order valence-corrected chi connectivity index (χ3v) is 7.99. The number of hydrogen-bond acceptors (Lipinski definition) is 7. The van der Waals surface area contributed by atoms with Crippen LogP contribution in [0.25, 0.3) is 11.1 Å². The molecule has 0 spiro atoms. The minimum Gasteiger partial charge on any atom is -0.491 e. The molecule has 7 heteroatoms. The summed E-state index contributed by atoms with van der Waals surface area (Å²) >= 11 is 0. The van der Waals surface area contributed by atoms with Gasteiger partial charge in [-0.05, 0) is 96.0 Å². The average Bonchev–Trinajstić information content (AvgIpc) is 3.51. The minimum atomic E-state index is -0.555. The van der Waals surface area contributed by atoms with E-state index < -0.39 is 6.10 Å². The van der Waals surface area contributed by atoms with Crippen LogP contribution >= 0.6 is 0 Å². The van der Waals surface area contributed by atoms with Gasteiger partial charge in [0.05, 0.1) is 0 Å². The summed E-state index contributed by atoms with van der Waals surface area (Å²) in [6.07, 6.45) is 6.86. The zero-order valence-electron chi connectivity index (χ0n) is 24.8. The Hall–Kier alpha value is -3.52. The van der Waals surface area contributed by atoms with Gasteiger partial charge in [0.25, 0.3) is 0 Å². The number of hydrogen-bond donors (Lipinski definition) is 2. The highest BCUT2D eigenvalue weighted by atomic mass is 16.7. The zero-order valence-corrected chi connectivity index (χ0v) is 24.8. The third kappa shape index (κ3) is 7.85. The van der Waals surface area contributed by atoms with Crippen molar-refractivity contribution in [2.45, 2.75) is 51.6 Å². The van der Waals surface area contributed by atoms with Gasteiger partial charge in [-0.25, -0.2) is 0 Å². The largest absolute Gasteiger partial charge is 0.491 e. The van der Waals surface area contributed by atoms with Gasteiger partial charge in [0.2, 0.25) is 6.79 Å². The molecular formula is C35H43NO6. The van der Waals surface area contributed by atoms with Crippen molar-refractivity contribution in [2.24, 2.45) is 5.92 Å². The molecule has 3 aromatic carbocycles. The number of fused-ring (bicyclic) bond motifs is 1. The lowest BCUT2D eigenvalue weighted by Crippen LogP contribution is -2.34. The first kappa shape index (κ1) is 30.0. The van der Waals surface area contributed by atoms with Crippen molar-refractivity contribution in [3.63, 3.8) is 0 Å². The lowest BCUT2D eigenvalue weighted by Gasteiger charge is -2.22. The second kappa shape index (κ2) is 15.1. The first-order valence-electron chi connectivity index (χ1n) is 15.1. The summed E-state index contributed by atoms with van der Waals surface area (Å²) in [7, 11) is 1.61. The van der Waals surface area contributed by atoms with Gasteiger partial charge in [0.1, 0.15) is 24.2 Å². The van der Waals surface area contributed by atoms with Crippen LogP contribution in [0.3, 0.4) is 0 Å². The normalized spacial score (nSPS) is 16.2. The van der Waals surface area contributed by atoms with E-state index in [0.29, 0.717) is 6.54 Å². The Labute approximate surface area is 249 Å². The van der Waals surface area contributed by atoms with Gasteiger partial charge in [0, 0.05) is 13.7 Å². The molecular weight excluding hydrogens is 530 g/mol. The van der Waals surface area contributed by atoms with E-state index in [2.05, 4.69) is 48.6 Å². The molecule has 7 nitrogen and oxygen atoms in total. The molecule has 2 N–H and O–H groups in total. The number of methoxy groups -OCH3 is 1. The van der Waals surface area contributed by atoms with Crippen molar-refractivity contribution < 1.29 is 28.8 Å². The summed E-state index contributed by atoms with van der Waals surface area (Å²) in [6.45, 7) is 4.38. The summed E-state index contributed by atoms with van der Waals surface area (Å²) in [5.41, 5.74) is 5.53. The fourth-order valence-corrected chi connectivity index (χ4v) is 5.78. The maximum atomic E-state index is 10.5. The molecule has 1 saturated carbocycles. The Balaban J connectivity index is 1.32. The van der Waals surface area contributed by atoms with E-state index in [1.807, 2.05) is 30.3 Å². The van der Waals surface area contributed by atoms with E-state index in [9.17, 15) is 5.11 Å². The van der Waals surface area contributed by atoms with Gasteiger partial charge in [-0.1, -0.05) is 56.5 Å². The van der Waals surface area contributed by atoms with Crippen LogP contribution in [0.15, 0.2) is 66.7 Å². The van der Waals surface area contributed by atoms with Crippen molar-refractivity contribution in [3.05, 3.63) is 83.4 Å². The van der Waals surface area contributed by atoms with Crippen molar-refractivity contribution in [1.29, 1.82) is 0 Å². The summed E-state index contributed by atoms with van der Waals surface area (Å²) in [6, 6.07) is 22.3. The highest BCUT2D eigenvalue weighted by Gasteiger charge is 2.19. The molecule has 1 unspecified atom stereocenters. The Morgan fingerprint density at radius 3 is 2.17 bits per heavy atom. The Morgan fingerprint density at radius 2 is 1.50 bits per heavy atom. The number of rotatable bonds is 14. The van der Waals surface area contributed by atoms with Gasteiger partial charge >= 0.3 is 0 Å². The molecule has 2 aliphatic rings. The second-order valence-electron chi connectivity index (χ2n) is 11.0. The van der Waals surface area contributed by atoms with E-state index in [1.165, 1.54) is 37.7 Å². The smallest absolute Gasteiger partial charge is 0.231 e. The molecule has 1 atom stereocenters. The monoisotopic (exact) mass is 573 g/mol. The summed E-state index contributed by atoms with van der Waals surface area (Å²) in [5.74, 6) is 3.74. The van der Waals surface area contributed by atoms with Gasteiger partial charge in [-0.15, -0.1) is 0 Å². The van der Waals surface area contributed by atoms with E-state index in [-0.39, 0.29) is 20.2 Å². The van der Waals surface area contributed by atoms with Gasteiger partial charge < -0.3 is 34.1 Å². The fraction of sp³-hybridized carbons (Fsp3) is 0.429. The van der Waals surface area contributed by atoms with E-state index in [4.69, 9.17) is 23.7 Å². The van der Waals surface area contributed by atoms with Gasteiger partial charge in [0.15, 0.2) is 18.3 Å². The molecule has 3 aromatic rings. The van der Waals surface area contributed by atoms with Gasteiger partial charge in [-0.2, -0.15) is 0 Å². The quantitative estimate of drug-likeness (QED) is 0.165. The molecule has 0 saturated heterocycles. The Kier molecular flexibility index (Phi) is 10.8. The molecule has 1 heterocycles. The van der Waals surface area contributed by atoms with Crippen LogP contribution in [0, 0.1) is 5.92 Å². The van der Waals surface area contributed by atoms with Crippen molar-refractivity contribution in [1.82, 2.24) is 5.32 Å². The van der Waals surface area contributed by atoms with E-state index >= 15 is 0 Å². The lowest BCUT2D eigenvalue weighted by molar-refractivity contribution is 0.0511. The third-order valence-electron chi connectivity index (χ3n) is 7.99. The van der Waals surface area contributed by atoms with Gasteiger partial charge in [-0.3, -0.25) is 0 Å². The summed E-state index contributed by atoms with van der Waals surface area (Å²) < 4.78 is 27.9. The van der Waals surface area contributed by atoms with Crippen LogP contribution in [0.2, 0.25) is 0 Å². The first-order valence-corrected chi connectivity index (χ1v) is 15.1. The number of nitrogens with one attached hydrogen (secondary N) is 1.